The largest absolute Gasteiger partial charge is 0.474 e. The Morgan fingerprint density at radius 3 is 2.80 bits per heavy atom. The van der Waals surface area contributed by atoms with Gasteiger partial charge in [-0.05, 0) is 70.9 Å². The van der Waals surface area contributed by atoms with Gasteiger partial charge in [0.1, 0.15) is 11.9 Å². The maximum Gasteiger partial charge on any atom is 0.224 e. The van der Waals surface area contributed by atoms with Crippen molar-refractivity contribution < 1.29 is 13.9 Å². The number of pyridine rings is 1. The fourth-order valence-corrected chi connectivity index (χ4v) is 3.33. The standard InChI is InChI=1S/C19H20BrFN2O2/c20-16-9-13(5-6-17(16)21)10-18(24)23-12-14-7-8-22-19(11-14)25-15-3-1-2-4-15/h5-9,11,15H,1-4,10,12H2,(H,23,24). The summed E-state index contributed by atoms with van der Waals surface area (Å²) < 4.78 is 19.5. The van der Waals surface area contributed by atoms with E-state index in [1.807, 2.05) is 12.1 Å². The van der Waals surface area contributed by atoms with Gasteiger partial charge >= 0.3 is 0 Å². The van der Waals surface area contributed by atoms with E-state index in [0.717, 1.165) is 24.0 Å². The van der Waals surface area contributed by atoms with E-state index in [0.29, 0.717) is 16.9 Å². The van der Waals surface area contributed by atoms with Crippen LogP contribution in [0.15, 0.2) is 41.0 Å². The normalized spacial score (nSPS) is 14.5. The molecule has 1 heterocycles. The molecule has 3 rings (SSSR count). The first kappa shape index (κ1) is 17.9. The van der Waals surface area contributed by atoms with Crippen LogP contribution in [0.5, 0.6) is 5.88 Å². The molecule has 0 radical (unpaired) electrons. The smallest absolute Gasteiger partial charge is 0.224 e. The number of aromatic nitrogens is 1. The fraction of sp³-hybridized carbons (Fsp3) is 0.368. The molecule has 1 aliphatic rings. The fourth-order valence-electron chi connectivity index (χ4n) is 2.90. The summed E-state index contributed by atoms with van der Waals surface area (Å²) in [4.78, 5) is 16.3. The van der Waals surface area contributed by atoms with Gasteiger partial charge in [0.2, 0.25) is 11.8 Å². The molecule has 1 aliphatic carbocycles. The minimum atomic E-state index is -0.337. The Labute approximate surface area is 154 Å². The lowest BCUT2D eigenvalue weighted by molar-refractivity contribution is -0.120. The molecule has 1 fully saturated rings. The van der Waals surface area contributed by atoms with Gasteiger partial charge in [0, 0.05) is 18.8 Å². The van der Waals surface area contributed by atoms with Crippen LogP contribution in [-0.2, 0) is 17.8 Å². The number of benzene rings is 1. The monoisotopic (exact) mass is 406 g/mol. The minimum Gasteiger partial charge on any atom is -0.474 e. The molecule has 0 spiro atoms. The summed E-state index contributed by atoms with van der Waals surface area (Å²) >= 11 is 3.13. The zero-order chi connectivity index (χ0) is 17.6. The molecule has 0 saturated heterocycles. The lowest BCUT2D eigenvalue weighted by Gasteiger charge is -2.13. The van der Waals surface area contributed by atoms with Crippen LogP contribution in [0, 0.1) is 5.82 Å². The van der Waals surface area contributed by atoms with Gasteiger partial charge in [0.15, 0.2) is 0 Å². The molecule has 132 valence electrons. The van der Waals surface area contributed by atoms with Gasteiger partial charge < -0.3 is 10.1 Å². The maximum atomic E-state index is 13.2. The molecule has 1 aromatic heterocycles. The zero-order valence-corrected chi connectivity index (χ0v) is 15.4. The summed E-state index contributed by atoms with van der Waals surface area (Å²) in [5.74, 6) is 0.158. The number of nitrogens with zero attached hydrogens (tertiary/aromatic N) is 1. The predicted molar refractivity (Wildman–Crippen MR) is 96.8 cm³/mol. The molecule has 1 aromatic carbocycles. The van der Waals surface area contributed by atoms with E-state index < -0.39 is 0 Å². The third-order valence-electron chi connectivity index (χ3n) is 4.23. The molecular formula is C19H20BrFN2O2. The Bertz CT molecular complexity index is 748. The summed E-state index contributed by atoms with van der Waals surface area (Å²) in [5.41, 5.74) is 1.70. The van der Waals surface area contributed by atoms with Crippen molar-refractivity contribution in [1.82, 2.24) is 10.3 Å². The summed E-state index contributed by atoms with van der Waals surface area (Å²) in [7, 11) is 0. The highest BCUT2D eigenvalue weighted by Gasteiger charge is 2.17. The van der Waals surface area contributed by atoms with Gasteiger partial charge in [-0.1, -0.05) is 6.07 Å². The van der Waals surface area contributed by atoms with Crippen LogP contribution >= 0.6 is 15.9 Å². The molecular weight excluding hydrogens is 387 g/mol. The molecule has 1 N–H and O–H groups in total. The number of carbonyl (C=O) groups is 1. The third-order valence-corrected chi connectivity index (χ3v) is 4.83. The van der Waals surface area contributed by atoms with E-state index in [1.54, 1.807) is 18.3 Å². The van der Waals surface area contributed by atoms with E-state index in [2.05, 4.69) is 26.2 Å². The van der Waals surface area contributed by atoms with Crippen LogP contribution in [0.3, 0.4) is 0 Å². The lowest BCUT2D eigenvalue weighted by atomic mass is 10.1. The quantitative estimate of drug-likeness (QED) is 0.783. The highest BCUT2D eigenvalue weighted by molar-refractivity contribution is 9.10. The van der Waals surface area contributed by atoms with Crippen molar-refractivity contribution in [2.75, 3.05) is 0 Å². The minimum absolute atomic E-state index is 0.117. The van der Waals surface area contributed by atoms with Crippen molar-refractivity contribution in [3.05, 3.63) is 57.9 Å². The van der Waals surface area contributed by atoms with Crippen molar-refractivity contribution >= 4 is 21.8 Å². The van der Waals surface area contributed by atoms with Gasteiger partial charge in [-0.15, -0.1) is 0 Å². The Morgan fingerprint density at radius 2 is 2.04 bits per heavy atom. The zero-order valence-electron chi connectivity index (χ0n) is 13.8. The molecule has 0 aliphatic heterocycles. The van der Waals surface area contributed by atoms with Gasteiger partial charge in [0.05, 0.1) is 10.9 Å². The van der Waals surface area contributed by atoms with Crippen molar-refractivity contribution in [3.8, 4) is 5.88 Å². The van der Waals surface area contributed by atoms with Gasteiger partial charge in [-0.3, -0.25) is 4.79 Å². The summed E-state index contributed by atoms with van der Waals surface area (Å²) in [6.45, 7) is 0.407. The second kappa shape index (κ2) is 8.43. The topological polar surface area (TPSA) is 51.2 Å². The Hall–Kier alpha value is -1.95. The first-order valence-electron chi connectivity index (χ1n) is 8.42. The second-order valence-corrected chi connectivity index (χ2v) is 7.08. The highest BCUT2D eigenvalue weighted by Crippen LogP contribution is 2.23. The van der Waals surface area contributed by atoms with Crippen LogP contribution < -0.4 is 10.1 Å². The number of carbonyl (C=O) groups excluding carboxylic acids is 1. The molecule has 6 heteroatoms. The molecule has 1 amide bonds. The molecule has 0 unspecified atom stereocenters. The first-order chi connectivity index (χ1) is 12.1. The van der Waals surface area contributed by atoms with E-state index in [4.69, 9.17) is 4.74 Å². The lowest BCUT2D eigenvalue weighted by Crippen LogP contribution is -2.24. The number of hydrogen-bond donors (Lipinski definition) is 1. The number of rotatable bonds is 6. The SMILES string of the molecule is O=C(Cc1ccc(F)c(Br)c1)NCc1ccnc(OC2CCCC2)c1. The predicted octanol–water partition coefficient (Wildman–Crippen LogP) is 4.16. The molecule has 0 atom stereocenters. The molecule has 1 saturated carbocycles. The summed E-state index contributed by atoms with van der Waals surface area (Å²) in [6, 6.07) is 8.31. The van der Waals surface area contributed by atoms with Crippen LogP contribution in [0.4, 0.5) is 4.39 Å². The number of hydrogen-bond acceptors (Lipinski definition) is 3. The summed E-state index contributed by atoms with van der Waals surface area (Å²) in [5, 5.41) is 2.87. The Balaban J connectivity index is 1.52. The van der Waals surface area contributed by atoms with Crippen molar-refractivity contribution in [3.63, 3.8) is 0 Å². The Kier molecular flexibility index (Phi) is 6.02. The number of amides is 1. The highest BCUT2D eigenvalue weighted by atomic mass is 79.9. The number of halogens is 2. The second-order valence-electron chi connectivity index (χ2n) is 6.23. The van der Waals surface area contributed by atoms with Crippen molar-refractivity contribution in [1.29, 1.82) is 0 Å². The first-order valence-corrected chi connectivity index (χ1v) is 9.21. The third kappa shape index (κ3) is 5.26. The van der Waals surface area contributed by atoms with E-state index >= 15 is 0 Å². The van der Waals surface area contributed by atoms with Crippen LogP contribution in [0.25, 0.3) is 0 Å². The Morgan fingerprint density at radius 1 is 1.24 bits per heavy atom. The van der Waals surface area contributed by atoms with E-state index in [9.17, 15) is 9.18 Å². The number of ether oxygens (including phenoxy) is 1. The van der Waals surface area contributed by atoms with Crippen LogP contribution in [-0.4, -0.2) is 17.0 Å². The van der Waals surface area contributed by atoms with Crippen LogP contribution in [0.1, 0.15) is 36.8 Å². The van der Waals surface area contributed by atoms with E-state index in [1.165, 1.54) is 18.9 Å². The molecule has 25 heavy (non-hydrogen) atoms. The maximum absolute atomic E-state index is 13.2. The summed E-state index contributed by atoms with van der Waals surface area (Å²) in [6.07, 6.45) is 6.73. The average Bonchev–Trinajstić information content (AvgIpc) is 3.10. The van der Waals surface area contributed by atoms with Crippen molar-refractivity contribution in [2.45, 2.75) is 44.8 Å². The van der Waals surface area contributed by atoms with E-state index in [-0.39, 0.29) is 24.2 Å². The van der Waals surface area contributed by atoms with Gasteiger partial charge in [0.25, 0.3) is 0 Å². The number of nitrogens with one attached hydrogen (secondary N) is 1. The molecule has 0 bridgehead atoms. The van der Waals surface area contributed by atoms with Gasteiger partial charge in [-0.25, -0.2) is 9.37 Å². The van der Waals surface area contributed by atoms with Gasteiger partial charge in [-0.2, -0.15) is 0 Å². The van der Waals surface area contributed by atoms with Crippen molar-refractivity contribution in [2.24, 2.45) is 0 Å². The molecule has 2 aromatic rings. The van der Waals surface area contributed by atoms with Crippen LogP contribution in [0.2, 0.25) is 0 Å². The average molecular weight is 407 g/mol. The molecule has 4 nitrogen and oxygen atoms in total.